The van der Waals surface area contributed by atoms with Gasteiger partial charge in [0.25, 0.3) is 0 Å². The van der Waals surface area contributed by atoms with E-state index in [9.17, 15) is 9.90 Å². The number of fused-ring (bicyclic) bond motifs is 1. The Bertz CT molecular complexity index is 876. The van der Waals surface area contributed by atoms with Gasteiger partial charge in [-0.3, -0.25) is 0 Å². The van der Waals surface area contributed by atoms with Gasteiger partial charge in [-0.25, -0.2) is 4.79 Å². The monoisotopic (exact) mass is 443 g/mol. The lowest BCUT2D eigenvalue weighted by Gasteiger charge is -2.30. The van der Waals surface area contributed by atoms with Crippen molar-refractivity contribution < 1.29 is 33.6 Å². The number of amides is 1. The summed E-state index contributed by atoms with van der Waals surface area (Å²) in [5.74, 6) is -0.814. The van der Waals surface area contributed by atoms with Crippen molar-refractivity contribution in [2.75, 3.05) is 6.61 Å². The summed E-state index contributed by atoms with van der Waals surface area (Å²) in [6, 6.07) is 18.3. The predicted octanol–water partition coefficient (Wildman–Crippen LogP) is 2.74. The van der Waals surface area contributed by atoms with Crippen LogP contribution in [0.15, 0.2) is 60.7 Å². The van der Waals surface area contributed by atoms with Gasteiger partial charge >= 0.3 is 6.09 Å². The van der Waals surface area contributed by atoms with Crippen molar-refractivity contribution in [3.05, 3.63) is 71.8 Å². The van der Waals surface area contributed by atoms with Gasteiger partial charge in [-0.1, -0.05) is 60.7 Å². The minimum absolute atomic E-state index is 0.121. The van der Waals surface area contributed by atoms with Crippen molar-refractivity contribution in [1.29, 1.82) is 0 Å². The van der Waals surface area contributed by atoms with Crippen LogP contribution in [0.5, 0.6) is 0 Å². The third kappa shape index (κ3) is 5.46. The number of alkyl carbamates (subject to hydrolysis) is 1. The Kier molecular flexibility index (Phi) is 7.07. The Balaban J connectivity index is 1.41. The maximum Gasteiger partial charge on any atom is 0.407 e. The van der Waals surface area contributed by atoms with Crippen LogP contribution < -0.4 is 5.32 Å². The van der Waals surface area contributed by atoms with Crippen LogP contribution in [0.25, 0.3) is 0 Å². The van der Waals surface area contributed by atoms with Gasteiger partial charge in [-0.05, 0) is 25.0 Å². The number of carbonyl (C=O) groups is 1. The molecule has 2 N–H and O–H groups in total. The minimum Gasteiger partial charge on any atom is -0.445 e. The highest BCUT2D eigenvalue weighted by molar-refractivity contribution is 5.67. The van der Waals surface area contributed by atoms with Crippen LogP contribution in [-0.4, -0.2) is 54.2 Å². The highest BCUT2D eigenvalue weighted by Crippen LogP contribution is 2.40. The van der Waals surface area contributed by atoms with Crippen molar-refractivity contribution in [2.24, 2.45) is 0 Å². The molecule has 2 fully saturated rings. The fourth-order valence-corrected chi connectivity index (χ4v) is 3.93. The summed E-state index contributed by atoms with van der Waals surface area (Å²) in [6.45, 7) is 3.70. The summed E-state index contributed by atoms with van der Waals surface area (Å²) in [6.07, 6.45) is -3.05. The van der Waals surface area contributed by atoms with E-state index in [4.69, 9.17) is 23.7 Å². The van der Waals surface area contributed by atoms with E-state index < -0.39 is 42.5 Å². The zero-order valence-corrected chi connectivity index (χ0v) is 18.2. The maximum atomic E-state index is 12.4. The molecular weight excluding hydrogens is 414 g/mol. The third-order valence-electron chi connectivity index (χ3n) is 5.42. The molecule has 172 valence electrons. The van der Waals surface area contributed by atoms with Gasteiger partial charge in [0, 0.05) is 0 Å². The molecule has 2 saturated heterocycles. The lowest BCUT2D eigenvalue weighted by molar-refractivity contribution is -0.223. The van der Waals surface area contributed by atoms with Gasteiger partial charge in [-0.2, -0.15) is 0 Å². The van der Waals surface area contributed by atoms with Crippen LogP contribution in [0.4, 0.5) is 4.79 Å². The molecule has 4 rings (SSSR count). The fraction of sp³-hybridized carbons (Fsp3) is 0.458. The topological polar surface area (TPSA) is 95.5 Å². The van der Waals surface area contributed by atoms with Crippen LogP contribution in [-0.2, 0) is 36.9 Å². The van der Waals surface area contributed by atoms with Crippen molar-refractivity contribution in [3.8, 4) is 0 Å². The molecule has 2 heterocycles. The first-order valence-electron chi connectivity index (χ1n) is 10.7. The average Bonchev–Trinajstić information content (AvgIpc) is 3.27. The number of benzene rings is 2. The minimum atomic E-state index is -0.814. The Hall–Kier alpha value is -2.49. The van der Waals surface area contributed by atoms with E-state index in [2.05, 4.69) is 5.32 Å². The number of aliphatic hydroxyl groups excluding tert-OH is 1. The highest BCUT2D eigenvalue weighted by Gasteiger charge is 2.57. The first-order valence-corrected chi connectivity index (χ1v) is 10.7. The van der Waals surface area contributed by atoms with Gasteiger partial charge in [0.15, 0.2) is 12.1 Å². The van der Waals surface area contributed by atoms with E-state index in [0.29, 0.717) is 6.61 Å². The molecule has 0 aliphatic carbocycles. The van der Waals surface area contributed by atoms with Crippen molar-refractivity contribution >= 4 is 6.09 Å². The lowest BCUT2D eigenvalue weighted by atomic mass is 10.0. The Morgan fingerprint density at radius 2 is 1.66 bits per heavy atom. The van der Waals surface area contributed by atoms with Gasteiger partial charge < -0.3 is 34.1 Å². The second-order valence-electron chi connectivity index (χ2n) is 8.33. The fourth-order valence-electron chi connectivity index (χ4n) is 3.93. The van der Waals surface area contributed by atoms with Crippen LogP contribution in [0, 0.1) is 0 Å². The molecule has 0 bridgehead atoms. The Labute approximate surface area is 187 Å². The molecule has 5 atom stereocenters. The first kappa shape index (κ1) is 22.7. The molecule has 0 spiro atoms. The first-order chi connectivity index (χ1) is 15.4. The van der Waals surface area contributed by atoms with Crippen molar-refractivity contribution in [3.63, 3.8) is 0 Å². The molecule has 8 heteroatoms. The number of hydrogen-bond acceptors (Lipinski definition) is 7. The predicted molar refractivity (Wildman–Crippen MR) is 114 cm³/mol. The smallest absolute Gasteiger partial charge is 0.407 e. The highest BCUT2D eigenvalue weighted by atomic mass is 16.8. The summed E-state index contributed by atoms with van der Waals surface area (Å²) in [7, 11) is 0. The van der Waals surface area contributed by atoms with E-state index in [1.165, 1.54) is 0 Å². The Morgan fingerprint density at radius 1 is 1.03 bits per heavy atom. The lowest BCUT2D eigenvalue weighted by Crippen LogP contribution is -2.52. The van der Waals surface area contributed by atoms with Gasteiger partial charge in [-0.15, -0.1) is 0 Å². The molecule has 0 unspecified atom stereocenters. The zero-order valence-electron chi connectivity index (χ0n) is 18.2. The van der Waals surface area contributed by atoms with Crippen LogP contribution in [0.1, 0.15) is 25.0 Å². The van der Waals surface area contributed by atoms with Gasteiger partial charge in [0.2, 0.25) is 0 Å². The summed E-state index contributed by atoms with van der Waals surface area (Å²) in [5.41, 5.74) is 1.85. The Morgan fingerprint density at radius 3 is 2.28 bits per heavy atom. The van der Waals surface area contributed by atoms with E-state index in [1.807, 2.05) is 60.7 Å². The summed E-state index contributed by atoms with van der Waals surface area (Å²) >= 11 is 0. The molecular formula is C24H29NO7. The number of aliphatic hydroxyl groups is 1. The standard InChI is InChI=1S/C24H29NO7/c1-24(2)31-21-20(28-14-16-9-5-3-6-10-16)19(30-22(21)32-24)18(13-26)25-23(27)29-15-17-11-7-4-8-12-17/h3-12,18-22,26H,13-15H2,1-2H3,(H,25,27)/t18-,19-,20+,21-,22-/m1/s1. The largest absolute Gasteiger partial charge is 0.445 e. The average molecular weight is 443 g/mol. The summed E-state index contributed by atoms with van der Waals surface area (Å²) in [5, 5.41) is 12.7. The molecule has 2 aliphatic rings. The van der Waals surface area contributed by atoms with Gasteiger partial charge in [0.1, 0.15) is 24.9 Å². The number of carbonyl (C=O) groups excluding carboxylic acids is 1. The normalized spacial score (nSPS) is 27.0. The number of nitrogens with one attached hydrogen (secondary N) is 1. The summed E-state index contributed by atoms with van der Waals surface area (Å²) in [4.78, 5) is 12.4. The number of hydrogen-bond donors (Lipinski definition) is 2. The molecule has 0 saturated carbocycles. The molecule has 8 nitrogen and oxygen atoms in total. The van der Waals surface area contributed by atoms with E-state index in [0.717, 1.165) is 11.1 Å². The van der Waals surface area contributed by atoms with Crippen molar-refractivity contribution in [1.82, 2.24) is 5.32 Å². The quantitative estimate of drug-likeness (QED) is 0.648. The maximum absolute atomic E-state index is 12.4. The SMILES string of the molecule is CC1(C)O[C@H]2O[C@H]([C@@H](CO)NC(=O)OCc3ccccc3)[C@H](OCc3ccccc3)[C@H]2O1. The number of ether oxygens (including phenoxy) is 5. The molecule has 0 aromatic heterocycles. The summed E-state index contributed by atoms with van der Waals surface area (Å²) < 4.78 is 29.3. The molecule has 2 aromatic rings. The molecule has 2 aliphatic heterocycles. The van der Waals surface area contributed by atoms with E-state index >= 15 is 0 Å². The number of rotatable bonds is 8. The van der Waals surface area contributed by atoms with E-state index in [1.54, 1.807) is 13.8 Å². The second-order valence-corrected chi connectivity index (χ2v) is 8.33. The third-order valence-corrected chi connectivity index (χ3v) is 5.42. The molecule has 32 heavy (non-hydrogen) atoms. The zero-order chi connectivity index (χ0) is 22.6. The van der Waals surface area contributed by atoms with Gasteiger partial charge in [0.05, 0.1) is 19.3 Å². The molecule has 1 amide bonds. The van der Waals surface area contributed by atoms with Crippen LogP contribution in [0.3, 0.4) is 0 Å². The van der Waals surface area contributed by atoms with E-state index in [-0.39, 0.29) is 13.2 Å². The molecule has 0 radical (unpaired) electrons. The van der Waals surface area contributed by atoms with Crippen LogP contribution >= 0.6 is 0 Å². The second kappa shape index (κ2) is 9.97. The van der Waals surface area contributed by atoms with Crippen LogP contribution in [0.2, 0.25) is 0 Å². The van der Waals surface area contributed by atoms with Crippen molar-refractivity contribution in [2.45, 2.75) is 63.5 Å². The molecule has 2 aromatic carbocycles.